The van der Waals surface area contributed by atoms with Crippen molar-refractivity contribution in [1.29, 1.82) is 0 Å². The summed E-state index contributed by atoms with van der Waals surface area (Å²) in [6, 6.07) is 7.65. The Morgan fingerprint density at radius 1 is 1.08 bits per heavy atom. The van der Waals surface area contributed by atoms with Gasteiger partial charge in [0.25, 0.3) is 0 Å². The van der Waals surface area contributed by atoms with E-state index >= 15 is 0 Å². The van der Waals surface area contributed by atoms with E-state index in [1.807, 2.05) is 31.2 Å². The average Bonchev–Trinajstić information content (AvgIpc) is 2.97. The van der Waals surface area contributed by atoms with Crippen LogP contribution in [0.25, 0.3) is 0 Å². The first-order valence-electron chi connectivity index (χ1n) is 9.71. The molecule has 0 unspecified atom stereocenters. The maximum absolute atomic E-state index is 13.2. The molecule has 1 aromatic carbocycles. The van der Waals surface area contributed by atoms with Crippen LogP contribution in [0.3, 0.4) is 0 Å². The third-order valence-corrected chi connectivity index (χ3v) is 5.95. The molecule has 2 heterocycles. The molecule has 1 aliphatic carbocycles. The molecule has 4 rings (SSSR count). The van der Waals surface area contributed by atoms with Crippen molar-refractivity contribution >= 4 is 17.5 Å². The number of ether oxygens (including phenoxy) is 1. The van der Waals surface area contributed by atoms with Crippen LogP contribution in [-0.4, -0.2) is 38.1 Å². The van der Waals surface area contributed by atoms with Crippen molar-refractivity contribution in [3.63, 3.8) is 0 Å². The van der Waals surface area contributed by atoms with Gasteiger partial charge in [-0.2, -0.15) is 0 Å². The molecule has 0 spiro atoms. The van der Waals surface area contributed by atoms with Crippen molar-refractivity contribution in [3.05, 3.63) is 41.6 Å². The van der Waals surface area contributed by atoms with Crippen LogP contribution in [0.1, 0.15) is 31.2 Å². The third kappa shape index (κ3) is 3.21. The number of nitrogens with one attached hydrogen (secondary N) is 1. The molecule has 26 heavy (non-hydrogen) atoms. The zero-order valence-corrected chi connectivity index (χ0v) is 15.4. The fourth-order valence-corrected chi connectivity index (χ4v) is 4.57. The molecule has 138 valence electrons. The lowest BCUT2D eigenvalue weighted by molar-refractivity contribution is -0.874. The number of rotatable bonds is 3. The molecule has 5 heteroatoms. The number of anilines is 1. The minimum Gasteiger partial charge on any atom is -0.370 e. The van der Waals surface area contributed by atoms with E-state index in [1.165, 1.54) is 15.5 Å². The molecule has 1 aromatic rings. The highest BCUT2D eigenvalue weighted by atomic mass is 16.5. The molecule has 1 N–H and O–H groups in total. The van der Waals surface area contributed by atoms with Gasteiger partial charge in [-0.25, -0.2) is 0 Å². The quantitative estimate of drug-likeness (QED) is 0.836. The third-order valence-electron chi connectivity index (χ3n) is 5.95. The van der Waals surface area contributed by atoms with Gasteiger partial charge in [-0.05, 0) is 44.4 Å². The van der Waals surface area contributed by atoms with Gasteiger partial charge in [-0.15, -0.1) is 0 Å². The lowest BCUT2D eigenvalue weighted by Gasteiger charge is -2.34. The number of morpholine rings is 1. The van der Waals surface area contributed by atoms with Crippen LogP contribution in [0.5, 0.6) is 0 Å². The van der Waals surface area contributed by atoms with E-state index in [0.29, 0.717) is 12.1 Å². The number of aryl methyl sites for hydroxylation is 1. The first kappa shape index (κ1) is 17.4. The van der Waals surface area contributed by atoms with Gasteiger partial charge in [0.05, 0.1) is 24.8 Å². The smallest absolute Gasteiger partial charge is 0.238 e. The van der Waals surface area contributed by atoms with Crippen LogP contribution in [0, 0.1) is 18.8 Å². The summed E-state index contributed by atoms with van der Waals surface area (Å²) < 4.78 is 5.50. The Kier molecular flexibility index (Phi) is 4.92. The Hall–Kier alpha value is -1.98. The number of imide groups is 1. The van der Waals surface area contributed by atoms with Crippen LogP contribution in [0.2, 0.25) is 0 Å². The van der Waals surface area contributed by atoms with Crippen molar-refractivity contribution in [2.75, 3.05) is 31.2 Å². The topological polar surface area (TPSA) is 51.1 Å². The number of benzene rings is 1. The molecule has 2 saturated heterocycles. The van der Waals surface area contributed by atoms with E-state index in [4.69, 9.17) is 4.74 Å². The highest BCUT2D eigenvalue weighted by Crippen LogP contribution is 2.37. The van der Waals surface area contributed by atoms with E-state index < -0.39 is 0 Å². The van der Waals surface area contributed by atoms with Crippen LogP contribution >= 0.6 is 0 Å². The molecule has 0 radical (unpaired) electrons. The molecule has 0 aromatic heterocycles. The van der Waals surface area contributed by atoms with Gasteiger partial charge in [0.1, 0.15) is 18.8 Å². The number of nitrogens with zero attached hydrogens (tertiary/aromatic N) is 1. The highest BCUT2D eigenvalue weighted by molar-refractivity contribution is 6.21. The van der Waals surface area contributed by atoms with Gasteiger partial charge in [-0.1, -0.05) is 17.7 Å². The van der Waals surface area contributed by atoms with Crippen molar-refractivity contribution < 1.29 is 19.2 Å². The number of allylic oxidation sites excluding steroid dienone is 2. The largest absolute Gasteiger partial charge is 0.370 e. The minimum atomic E-state index is -0.217. The number of carbonyl (C=O) groups excluding carboxylic acids is 2. The fourth-order valence-electron chi connectivity index (χ4n) is 4.57. The number of hydrogen-bond donors (Lipinski definition) is 1. The molecule has 2 aliphatic heterocycles. The molecule has 2 atom stereocenters. The predicted molar refractivity (Wildman–Crippen MR) is 98.7 cm³/mol. The minimum absolute atomic E-state index is 0.0238. The highest BCUT2D eigenvalue weighted by Gasteiger charge is 2.47. The van der Waals surface area contributed by atoms with Crippen molar-refractivity contribution in [2.45, 2.75) is 32.6 Å². The lowest BCUT2D eigenvalue weighted by Crippen LogP contribution is -3.13. The van der Waals surface area contributed by atoms with Crippen LogP contribution < -0.4 is 9.80 Å². The zero-order valence-electron chi connectivity index (χ0n) is 15.4. The first-order chi connectivity index (χ1) is 12.6. The Labute approximate surface area is 154 Å². The summed E-state index contributed by atoms with van der Waals surface area (Å²) in [5.41, 5.74) is 3.17. The summed E-state index contributed by atoms with van der Waals surface area (Å²) >= 11 is 0. The second-order valence-electron chi connectivity index (χ2n) is 7.63. The zero-order chi connectivity index (χ0) is 18.1. The molecule has 5 nitrogen and oxygen atoms in total. The van der Waals surface area contributed by atoms with Gasteiger partial charge in [0.15, 0.2) is 0 Å². The van der Waals surface area contributed by atoms with Gasteiger partial charge in [0.2, 0.25) is 11.8 Å². The number of quaternary nitrogens is 1. The van der Waals surface area contributed by atoms with E-state index in [2.05, 4.69) is 6.08 Å². The van der Waals surface area contributed by atoms with Gasteiger partial charge < -0.3 is 9.64 Å². The van der Waals surface area contributed by atoms with E-state index in [-0.39, 0.29) is 23.7 Å². The SMILES string of the molecule is Cc1ccc(N2C(=O)C[C@@H]([C@@H]3CCCC=C3[NH+]3CCOCC3)C2=O)cc1. The summed E-state index contributed by atoms with van der Waals surface area (Å²) in [4.78, 5) is 28.7. The van der Waals surface area contributed by atoms with Gasteiger partial charge in [0, 0.05) is 12.3 Å². The van der Waals surface area contributed by atoms with Crippen molar-refractivity contribution in [3.8, 4) is 0 Å². The molecule has 3 aliphatic rings. The molecule has 0 bridgehead atoms. The summed E-state index contributed by atoms with van der Waals surface area (Å²) in [7, 11) is 0. The number of carbonyl (C=O) groups is 2. The Bertz CT molecular complexity index is 719. The second-order valence-corrected chi connectivity index (χ2v) is 7.63. The second kappa shape index (κ2) is 7.33. The Balaban J connectivity index is 1.57. The standard InChI is InChI=1S/C21H26N2O3/c1-15-6-8-16(9-7-15)23-20(24)14-18(21(23)25)17-4-2-3-5-19(17)22-10-12-26-13-11-22/h5-9,17-18H,2-4,10-14H2,1H3/p+1/t17-,18-/m0/s1. The lowest BCUT2D eigenvalue weighted by atomic mass is 9.80. The molecular formula is C21H27N2O3+. The molecule has 2 amide bonds. The van der Waals surface area contributed by atoms with Crippen molar-refractivity contribution in [1.82, 2.24) is 0 Å². The van der Waals surface area contributed by atoms with Crippen LogP contribution in [-0.2, 0) is 14.3 Å². The van der Waals surface area contributed by atoms with Crippen molar-refractivity contribution in [2.24, 2.45) is 11.8 Å². The molecule has 0 saturated carbocycles. The molecule has 2 fully saturated rings. The summed E-state index contributed by atoms with van der Waals surface area (Å²) in [5, 5.41) is 0. The summed E-state index contributed by atoms with van der Waals surface area (Å²) in [6.45, 7) is 5.46. The Morgan fingerprint density at radius 2 is 1.81 bits per heavy atom. The normalized spacial score (nSPS) is 27.7. The first-order valence-corrected chi connectivity index (χ1v) is 9.71. The Morgan fingerprint density at radius 3 is 2.54 bits per heavy atom. The maximum atomic E-state index is 13.2. The monoisotopic (exact) mass is 355 g/mol. The predicted octanol–water partition coefficient (Wildman–Crippen LogP) is 1.47. The average molecular weight is 355 g/mol. The van der Waals surface area contributed by atoms with Crippen LogP contribution in [0.4, 0.5) is 5.69 Å². The maximum Gasteiger partial charge on any atom is 0.238 e. The number of amides is 2. The van der Waals surface area contributed by atoms with Gasteiger partial charge >= 0.3 is 0 Å². The van der Waals surface area contributed by atoms with Crippen LogP contribution in [0.15, 0.2) is 36.0 Å². The molecular weight excluding hydrogens is 328 g/mol. The van der Waals surface area contributed by atoms with E-state index in [0.717, 1.165) is 51.1 Å². The summed E-state index contributed by atoms with van der Waals surface area (Å²) in [6.07, 6.45) is 5.83. The fraction of sp³-hybridized carbons (Fsp3) is 0.524. The van der Waals surface area contributed by atoms with E-state index in [9.17, 15) is 9.59 Å². The number of hydrogen-bond acceptors (Lipinski definition) is 3. The van der Waals surface area contributed by atoms with E-state index in [1.54, 1.807) is 0 Å². The van der Waals surface area contributed by atoms with Gasteiger partial charge in [-0.3, -0.25) is 14.5 Å². The summed E-state index contributed by atoms with van der Waals surface area (Å²) in [5.74, 6) is -0.121.